The van der Waals surface area contributed by atoms with Crippen LogP contribution < -0.4 is 5.32 Å². The van der Waals surface area contributed by atoms with Gasteiger partial charge >= 0.3 is 0 Å². The van der Waals surface area contributed by atoms with Crippen LogP contribution in [0.2, 0.25) is 0 Å². The van der Waals surface area contributed by atoms with Crippen molar-refractivity contribution in [2.45, 2.75) is 32.3 Å². The number of carbonyl (C=O) groups is 2. The molecule has 0 saturated carbocycles. The van der Waals surface area contributed by atoms with Gasteiger partial charge in [0.05, 0.1) is 23.0 Å². The first-order chi connectivity index (χ1) is 18.5. The maximum absolute atomic E-state index is 14.1. The van der Waals surface area contributed by atoms with Crippen molar-refractivity contribution >= 4 is 39.0 Å². The zero-order valence-electron chi connectivity index (χ0n) is 21.8. The van der Waals surface area contributed by atoms with Crippen molar-refractivity contribution in [2.75, 3.05) is 30.4 Å². The molecule has 0 bridgehead atoms. The predicted octanol–water partition coefficient (Wildman–Crippen LogP) is 3.81. The Morgan fingerprint density at radius 2 is 2.00 bits per heavy atom. The Morgan fingerprint density at radius 3 is 2.69 bits per heavy atom. The number of aromatic nitrogens is 1. The summed E-state index contributed by atoms with van der Waals surface area (Å²) < 4.78 is 37.7. The van der Waals surface area contributed by atoms with Crippen LogP contribution >= 0.6 is 0 Å². The zero-order chi connectivity index (χ0) is 27.9. The van der Waals surface area contributed by atoms with Gasteiger partial charge in [-0.2, -0.15) is 0 Å². The molecule has 2 amide bonds. The average Bonchev–Trinajstić information content (AvgIpc) is 3.53. The van der Waals surface area contributed by atoms with Crippen LogP contribution in [0.25, 0.3) is 22.8 Å². The molecule has 8 nitrogen and oxygen atoms in total. The fraction of sp³-hybridized carbons (Fsp3) is 0.310. The molecule has 3 N–H and O–H groups in total. The van der Waals surface area contributed by atoms with E-state index in [-0.39, 0.29) is 24.1 Å². The predicted molar refractivity (Wildman–Crippen MR) is 148 cm³/mol. The van der Waals surface area contributed by atoms with Gasteiger partial charge in [0.25, 0.3) is 11.8 Å². The molecule has 1 saturated heterocycles. The Labute approximate surface area is 226 Å². The lowest BCUT2D eigenvalue weighted by Gasteiger charge is -2.17. The molecule has 2 aliphatic heterocycles. The molecule has 3 aromatic rings. The summed E-state index contributed by atoms with van der Waals surface area (Å²) in [6, 6.07) is 11.5. The van der Waals surface area contributed by atoms with E-state index < -0.39 is 21.8 Å². The number of aliphatic hydroxyl groups excluding tert-OH is 1. The number of rotatable bonds is 7. The SMILES string of the molecule is Cc1[nH]c(/C=C2\C(=O)Nc3cccc(-c4cccc(F)c4)c32)c(CCCS(C)(=O)=O)c1C(=O)N1CC[C@@H](O)C1. The van der Waals surface area contributed by atoms with Crippen molar-refractivity contribution in [3.05, 3.63) is 76.4 Å². The number of halogens is 1. The van der Waals surface area contributed by atoms with Crippen LogP contribution in [0.4, 0.5) is 10.1 Å². The van der Waals surface area contributed by atoms with Crippen LogP contribution in [0, 0.1) is 12.7 Å². The number of aromatic amines is 1. The topological polar surface area (TPSA) is 120 Å². The number of H-pyrrole nitrogens is 1. The molecule has 39 heavy (non-hydrogen) atoms. The van der Waals surface area contributed by atoms with Gasteiger partial charge in [-0.25, -0.2) is 12.8 Å². The van der Waals surface area contributed by atoms with Gasteiger partial charge < -0.3 is 20.3 Å². The third kappa shape index (κ3) is 5.53. The highest BCUT2D eigenvalue weighted by atomic mass is 32.2. The average molecular weight is 552 g/mol. The second-order valence-electron chi connectivity index (χ2n) is 10.2. The van der Waals surface area contributed by atoms with Crippen molar-refractivity contribution in [3.63, 3.8) is 0 Å². The van der Waals surface area contributed by atoms with Gasteiger partial charge in [-0.1, -0.05) is 24.3 Å². The van der Waals surface area contributed by atoms with E-state index in [4.69, 9.17) is 0 Å². The Kier molecular flexibility index (Phi) is 7.17. The third-order valence-corrected chi connectivity index (χ3v) is 8.21. The first-order valence-electron chi connectivity index (χ1n) is 12.8. The summed E-state index contributed by atoms with van der Waals surface area (Å²) in [6.07, 6.45) is 3.37. The number of β-amino-alcohol motifs (C(OH)–C–C–N with tert-alkyl or cyclic N) is 1. The number of fused-ring (bicyclic) bond motifs is 1. The highest BCUT2D eigenvalue weighted by Crippen LogP contribution is 2.41. The fourth-order valence-corrected chi connectivity index (χ4v) is 6.07. The molecule has 3 heterocycles. The molecule has 1 fully saturated rings. The molecule has 204 valence electrons. The number of hydrogen-bond acceptors (Lipinski definition) is 5. The first-order valence-corrected chi connectivity index (χ1v) is 14.9. The number of likely N-dealkylation sites (tertiary alicyclic amines) is 1. The van der Waals surface area contributed by atoms with Crippen molar-refractivity contribution in [2.24, 2.45) is 0 Å². The third-order valence-electron chi connectivity index (χ3n) is 7.18. The molecule has 2 aromatic carbocycles. The summed E-state index contributed by atoms with van der Waals surface area (Å²) in [5.74, 6) is -1.01. The van der Waals surface area contributed by atoms with E-state index in [1.807, 2.05) is 6.07 Å². The molecule has 5 rings (SSSR count). The minimum atomic E-state index is -3.22. The number of hydrogen-bond donors (Lipinski definition) is 3. The Bertz CT molecular complexity index is 1610. The van der Waals surface area contributed by atoms with Crippen LogP contribution in [0.1, 0.15) is 45.7 Å². The highest BCUT2D eigenvalue weighted by molar-refractivity contribution is 7.90. The number of nitrogens with one attached hydrogen (secondary N) is 2. The van der Waals surface area contributed by atoms with Crippen LogP contribution in [0.15, 0.2) is 42.5 Å². The Morgan fingerprint density at radius 1 is 1.23 bits per heavy atom. The molecule has 0 unspecified atom stereocenters. The van der Waals surface area contributed by atoms with Crippen molar-refractivity contribution in [1.29, 1.82) is 0 Å². The van der Waals surface area contributed by atoms with Crippen LogP contribution in [0.5, 0.6) is 0 Å². The lowest BCUT2D eigenvalue weighted by Crippen LogP contribution is -2.30. The Hall–Kier alpha value is -3.76. The molecule has 1 aromatic heterocycles. The lowest BCUT2D eigenvalue weighted by atomic mass is 9.93. The van der Waals surface area contributed by atoms with Crippen molar-refractivity contribution < 1.29 is 27.5 Å². The standard InChI is InChI=1S/C29H30FN3O5S/c1-17-26(29(36)33-12-11-20(34)16-33)22(9-5-13-39(2,37)38)25(31-17)15-23-27-21(18-6-3-7-19(30)14-18)8-4-10-24(27)32-28(23)35/h3-4,6-8,10,14-15,20,31,34H,5,9,11-13,16H2,1-2H3,(H,32,35)/b23-15-/t20-/m1/s1. The van der Waals surface area contributed by atoms with Gasteiger partial charge in [-0.05, 0) is 67.2 Å². The van der Waals surface area contributed by atoms with Crippen molar-refractivity contribution in [3.8, 4) is 11.1 Å². The lowest BCUT2D eigenvalue weighted by molar-refractivity contribution is -0.110. The van der Waals surface area contributed by atoms with Gasteiger partial charge in [-0.3, -0.25) is 9.59 Å². The summed E-state index contributed by atoms with van der Waals surface area (Å²) in [6.45, 7) is 2.43. The van der Waals surface area contributed by atoms with Gasteiger partial charge in [0.1, 0.15) is 15.7 Å². The van der Waals surface area contributed by atoms with Gasteiger partial charge in [0, 0.05) is 42.0 Å². The normalized spacial score (nSPS) is 18.1. The molecular formula is C29H30FN3O5S. The van der Waals surface area contributed by atoms with Crippen LogP contribution in [0.3, 0.4) is 0 Å². The number of sulfone groups is 1. The molecule has 2 aliphatic rings. The molecule has 0 radical (unpaired) electrons. The van der Waals surface area contributed by atoms with E-state index in [9.17, 15) is 27.5 Å². The van der Waals surface area contributed by atoms with E-state index in [0.717, 1.165) is 0 Å². The van der Waals surface area contributed by atoms with Crippen LogP contribution in [-0.4, -0.2) is 66.4 Å². The monoisotopic (exact) mass is 551 g/mol. The Balaban J connectivity index is 1.62. The first kappa shape index (κ1) is 26.8. The van der Waals surface area contributed by atoms with E-state index in [1.54, 1.807) is 42.2 Å². The smallest absolute Gasteiger partial charge is 0.256 e. The maximum atomic E-state index is 14.1. The molecule has 0 spiro atoms. The highest BCUT2D eigenvalue weighted by Gasteiger charge is 2.32. The van der Waals surface area contributed by atoms with Gasteiger partial charge in [0.2, 0.25) is 0 Å². The van der Waals surface area contributed by atoms with E-state index >= 15 is 0 Å². The number of carbonyl (C=O) groups excluding carboxylic acids is 2. The molecule has 10 heteroatoms. The number of aliphatic hydroxyl groups is 1. The summed E-state index contributed by atoms with van der Waals surface area (Å²) in [7, 11) is -3.22. The molecular weight excluding hydrogens is 521 g/mol. The minimum absolute atomic E-state index is 0.0453. The summed E-state index contributed by atoms with van der Waals surface area (Å²) >= 11 is 0. The molecule has 1 atom stereocenters. The van der Waals surface area contributed by atoms with Gasteiger partial charge in [-0.15, -0.1) is 0 Å². The summed E-state index contributed by atoms with van der Waals surface area (Å²) in [5, 5.41) is 12.8. The van der Waals surface area contributed by atoms with E-state index in [1.165, 1.54) is 18.4 Å². The van der Waals surface area contributed by atoms with E-state index in [0.29, 0.717) is 76.3 Å². The summed E-state index contributed by atoms with van der Waals surface area (Å²) in [5.41, 5.74) is 5.06. The maximum Gasteiger partial charge on any atom is 0.256 e. The molecule has 0 aliphatic carbocycles. The number of benzene rings is 2. The minimum Gasteiger partial charge on any atom is -0.391 e. The largest absolute Gasteiger partial charge is 0.391 e. The quantitative estimate of drug-likeness (QED) is 0.386. The van der Waals surface area contributed by atoms with Gasteiger partial charge in [0.15, 0.2) is 0 Å². The number of amides is 2. The number of nitrogens with zero attached hydrogens (tertiary/aromatic N) is 1. The second-order valence-corrected chi connectivity index (χ2v) is 12.5. The summed E-state index contributed by atoms with van der Waals surface area (Å²) in [4.78, 5) is 31.5. The number of aryl methyl sites for hydroxylation is 1. The fourth-order valence-electron chi connectivity index (χ4n) is 5.40. The van der Waals surface area contributed by atoms with E-state index in [2.05, 4.69) is 10.3 Å². The van der Waals surface area contributed by atoms with Crippen molar-refractivity contribution in [1.82, 2.24) is 9.88 Å². The van der Waals surface area contributed by atoms with Crippen LogP contribution in [-0.2, 0) is 21.1 Å². The number of anilines is 1. The second kappa shape index (κ2) is 10.4. The zero-order valence-corrected chi connectivity index (χ0v) is 22.6.